The lowest BCUT2D eigenvalue weighted by Gasteiger charge is -2.24. The lowest BCUT2D eigenvalue weighted by Crippen LogP contribution is -2.45. The highest BCUT2D eigenvalue weighted by atomic mass is 35.5. The first-order chi connectivity index (χ1) is 21.3. The summed E-state index contributed by atoms with van der Waals surface area (Å²) >= 11 is 6.32. The molecule has 0 radical (unpaired) electrons. The van der Waals surface area contributed by atoms with Gasteiger partial charge in [-0.25, -0.2) is 9.10 Å². The summed E-state index contributed by atoms with van der Waals surface area (Å²) in [5.74, 6) is -1.92. The number of ether oxygens (including phenoxy) is 1. The van der Waals surface area contributed by atoms with E-state index >= 15 is 0 Å². The third-order valence-electron chi connectivity index (χ3n) is 6.77. The first kappa shape index (κ1) is 33.3. The Morgan fingerprint density at radius 3 is 2.43 bits per heavy atom. The van der Waals surface area contributed by atoms with Crippen LogP contribution in [0, 0.1) is 0 Å². The van der Waals surface area contributed by atoms with Crippen LogP contribution in [0.1, 0.15) is 37.5 Å². The third kappa shape index (κ3) is 6.71. The predicted molar refractivity (Wildman–Crippen MR) is 162 cm³/mol. The summed E-state index contributed by atoms with van der Waals surface area (Å²) in [6, 6.07) is 8.29. The number of hydrogen-bond acceptors (Lipinski definition) is 9. The van der Waals surface area contributed by atoms with Gasteiger partial charge in [-0.15, -0.1) is 0 Å². The SMILES string of the molecule is CC(C)(C)OC(=O)N1CCN(C(=O)CN2C(=O)SC(=Cc3ccc4c(cnn4Cc4ccc(Cl)cc4C(F)(F)F)c3)C2=O)S1(=O)=O. The number of benzene rings is 2. The molecule has 0 saturated carbocycles. The van der Waals surface area contributed by atoms with Gasteiger partial charge in [0.2, 0.25) is 0 Å². The molecule has 0 atom stereocenters. The Hall–Kier alpha value is -4.09. The maximum absolute atomic E-state index is 13.6. The van der Waals surface area contributed by atoms with Crippen LogP contribution in [0.3, 0.4) is 0 Å². The molecule has 0 unspecified atom stereocenters. The number of aromatic nitrogens is 2. The highest BCUT2D eigenvalue weighted by Crippen LogP contribution is 2.35. The lowest BCUT2D eigenvalue weighted by atomic mass is 10.1. The molecule has 2 aromatic carbocycles. The van der Waals surface area contributed by atoms with Crippen LogP contribution in [0.2, 0.25) is 5.02 Å². The molecule has 4 amide bonds. The zero-order valence-electron chi connectivity index (χ0n) is 24.4. The Labute approximate surface area is 269 Å². The molecule has 3 heterocycles. The van der Waals surface area contributed by atoms with Crippen molar-refractivity contribution >= 4 is 73.7 Å². The van der Waals surface area contributed by atoms with Crippen molar-refractivity contribution in [2.45, 2.75) is 39.1 Å². The minimum atomic E-state index is -4.62. The van der Waals surface area contributed by atoms with Crippen LogP contribution < -0.4 is 0 Å². The largest absolute Gasteiger partial charge is 0.443 e. The highest BCUT2D eigenvalue weighted by Gasteiger charge is 2.46. The van der Waals surface area contributed by atoms with Crippen molar-refractivity contribution < 1.29 is 45.5 Å². The van der Waals surface area contributed by atoms with Crippen molar-refractivity contribution in [1.82, 2.24) is 23.3 Å². The summed E-state index contributed by atoms with van der Waals surface area (Å²) in [6.07, 6.45) is -2.94. The maximum Gasteiger partial charge on any atom is 0.425 e. The zero-order valence-corrected chi connectivity index (χ0v) is 26.8. The average Bonchev–Trinajstić information content (AvgIpc) is 3.56. The molecule has 244 valence electrons. The molecule has 12 nitrogen and oxygen atoms in total. The number of carbonyl (C=O) groups is 4. The monoisotopic (exact) mass is 699 g/mol. The van der Waals surface area contributed by atoms with Crippen LogP contribution in [0.5, 0.6) is 0 Å². The van der Waals surface area contributed by atoms with Gasteiger partial charge in [-0.1, -0.05) is 23.7 Å². The molecule has 0 spiro atoms. The topological polar surface area (TPSA) is 139 Å². The normalized spacial score (nSPS) is 17.9. The fraction of sp³-hybridized carbons (Fsp3) is 0.321. The van der Waals surface area contributed by atoms with Crippen molar-refractivity contribution in [2.24, 2.45) is 0 Å². The van der Waals surface area contributed by atoms with E-state index in [-0.39, 0.29) is 35.1 Å². The molecule has 0 aliphatic carbocycles. The number of nitrogens with zero attached hydrogens (tertiary/aromatic N) is 5. The predicted octanol–water partition coefficient (Wildman–Crippen LogP) is 5.12. The smallest absolute Gasteiger partial charge is 0.425 e. The van der Waals surface area contributed by atoms with Crippen LogP contribution in [0.25, 0.3) is 17.0 Å². The van der Waals surface area contributed by atoms with Gasteiger partial charge in [-0.3, -0.25) is 24.0 Å². The second-order valence-corrected chi connectivity index (χ2v) is 14.4. The van der Waals surface area contributed by atoms with Crippen LogP contribution in [-0.2, 0) is 37.3 Å². The van der Waals surface area contributed by atoms with Crippen molar-refractivity contribution in [2.75, 3.05) is 19.6 Å². The molecular weight excluding hydrogens is 675 g/mol. The second-order valence-electron chi connectivity index (χ2n) is 11.2. The number of carbonyl (C=O) groups excluding carboxylic acids is 4. The Bertz CT molecular complexity index is 1920. The summed E-state index contributed by atoms with van der Waals surface area (Å²) in [7, 11) is -4.59. The first-order valence-electron chi connectivity index (χ1n) is 13.5. The molecular formula is C28H25ClF3N5O7S2. The van der Waals surface area contributed by atoms with Crippen molar-refractivity contribution in [3.63, 3.8) is 0 Å². The van der Waals surface area contributed by atoms with Gasteiger partial charge < -0.3 is 4.74 Å². The Kier molecular flexibility index (Phi) is 8.63. The minimum Gasteiger partial charge on any atom is -0.443 e. The molecule has 2 fully saturated rings. The highest BCUT2D eigenvalue weighted by molar-refractivity contribution is 8.18. The molecule has 2 aliphatic heterocycles. The molecule has 0 bridgehead atoms. The average molecular weight is 700 g/mol. The Balaban J connectivity index is 1.30. The number of halogens is 4. The van der Waals surface area contributed by atoms with Gasteiger partial charge in [0.15, 0.2) is 0 Å². The molecule has 46 heavy (non-hydrogen) atoms. The Morgan fingerprint density at radius 1 is 1.07 bits per heavy atom. The van der Waals surface area contributed by atoms with Gasteiger partial charge in [0.05, 0.1) is 41.8 Å². The van der Waals surface area contributed by atoms with E-state index in [1.807, 2.05) is 0 Å². The van der Waals surface area contributed by atoms with E-state index < -0.39 is 57.2 Å². The van der Waals surface area contributed by atoms with Crippen LogP contribution >= 0.6 is 23.4 Å². The summed E-state index contributed by atoms with van der Waals surface area (Å²) in [6.45, 7) is 2.85. The van der Waals surface area contributed by atoms with Crippen molar-refractivity contribution in [3.8, 4) is 0 Å². The number of rotatable bonds is 5. The fourth-order valence-electron chi connectivity index (χ4n) is 4.72. The Morgan fingerprint density at radius 2 is 1.76 bits per heavy atom. The van der Waals surface area contributed by atoms with E-state index in [4.69, 9.17) is 16.3 Å². The van der Waals surface area contributed by atoms with Crippen molar-refractivity contribution in [3.05, 3.63) is 69.2 Å². The quantitative estimate of drug-likeness (QED) is 0.332. The van der Waals surface area contributed by atoms with Crippen molar-refractivity contribution in [1.29, 1.82) is 0 Å². The van der Waals surface area contributed by atoms with E-state index in [0.29, 0.717) is 41.7 Å². The molecule has 0 N–H and O–H groups in total. The molecule has 2 aliphatic rings. The zero-order chi connectivity index (χ0) is 33.8. The number of hydrogen-bond donors (Lipinski definition) is 0. The van der Waals surface area contributed by atoms with Crippen LogP contribution in [0.4, 0.5) is 22.8 Å². The summed E-state index contributed by atoms with van der Waals surface area (Å²) in [5.41, 5.74) is -0.931. The van der Waals surface area contributed by atoms with Gasteiger partial charge in [0, 0.05) is 10.4 Å². The molecule has 5 rings (SSSR count). The maximum atomic E-state index is 13.6. The number of alkyl halides is 3. The van der Waals surface area contributed by atoms with E-state index in [9.17, 15) is 40.8 Å². The molecule has 3 aromatic rings. The number of thioether (sulfide) groups is 1. The first-order valence-corrected chi connectivity index (χ1v) is 16.1. The minimum absolute atomic E-state index is 0.0338. The number of fused-ring (bicyclic) bond motifs is 1. The number of amides is 4. The molecule has 18 heteroatoms. The van der Waals surface area contributed by atoms with Crippen LogP contribution in [0.15, 0.2) is 47.5 Å². The summed E-state index contributed by atoms with van der Waals surface area (Å²) < 4.78 is 73.7. The van der Waals surface area contributed by atoms with Gasteiger partial charge in [0.25, 0.3) is 17.1 Å². The van der Waals surface area contributed by atoms with Gasteiger partial charge >= 0.3 is 22.5 Å². The van der Waals surface area contributed by atoms with E-state index in [1.54, 1.807) is 39.0 Å². The number of imide groups is 1. The van der Waals surface area contributed by atoms with Crippen LogP contribution in [-0.4, -0.2) is 80.1 Å². The summed E-state index contributed by atoms with van der Waals surface area (Å²) in [4.78, 5) is 51.5. The summed E-state index contributed by atoms with van der Waals surface area (Å²) in [5, 5.41) is 3.89. The van der Waals surface area contributed by atoms with E-state index in [1.165, 1.54) is 29.1 Å². The van der Waals surface area contributed by atoms with E-state index in [0.717, 1.165) is 6.07 Å². The molecule has 1 aromatic heterocycles. The van der Waals surface area contributed by atoms with Gasteiger partial charge in [0.1, 0.15) is 12.1 Å². The molecule has 2 saturated heterocycles. The lowest BCUT2D eigenvalue weighted by molar-refractivity contribution is -0.138. The van der Waals surface area contributed by atoms with E-state index in [2.05, 4.69) is 5.10 Å². The fourth-order valence-corrected chi connectivity index (χ4v) is 7.13. The van der Waals surface area contributed by atoms with Gasteiger partial charge in [-0.2, -0.15) is 31.0 Å². The standard InChI is InChI=1S/C28H25ClF3N5O7S2/c1-27(2,3)44-25(40)37-9-8-36(46(37,42)43)23(38)15-34-24(39)22(45-26(34)41)11-16-4-7-21-18(10-16)13-33-35(21)14-17-5-6-19(29)12-20(17)28(30,31)32/h4-7,10-13H,8-9,14-15H2,1-3H3. The third-order valence-corrected chi connectivity index (χ3v) is 9.74. The second kappa shape index (κ2) is 11.9. The van der Waals surface area contributed by atoms with Gasteiger partial charge in [-0.05, 0) is 74.0 Å².